The Labute approximate surface area is 114 Å². The first-order chi connectivity index (χ1) is 8.97. The van der Waals surface area contributed by atoms with Crippen LogP contribution in [-0.2, 0) is 19.0 Å². The Morgan fingerprint density at radius 3 is 2.63 bits per heavy atom. The lowest BCUT2D eigenvalue weighted by atomic mass is 9.67. The molecule has 108 valence electrons. The summed E-state index contributed by atoms with van der Waals surface area (Å²) in [4.78, 5) is 11.6. The van der Waals surface area contributed by atoms with Gasteiger partial charge >= 0.3 is 5.97 Å². The number of methoxy groups -OCH3 is 1. The van der Waals surface area contributed by atoms with Crippen molar-refractivity contribution in [2.24, 2.45) is 11.3 Å². The second kappa shape index (κ2) is 4.17. The van der Waals surface area contributed by atoms with E-state index in [1.807, 2.05) is 0 Å². The number of esters is 1. The van der Waals surface area contributed by atoms with Gasteiger partial charge in [-0.05, 0) is 31.2 Å². The van der Waals surface area contributed by atoms with Crippen LogP contribution in [0.2, 0.25) is 0 Å². The highest BCUT2D eigenvalue weighted by molar-refractivity contribution is 5.69. The molecule has 1 aliphatic carbocycles. The molecule has 0 amide bonds. The third-order valence-electron chi connectivity index (χ3n) is 5.88. The Balaban J connectivity index is 1.87. The van der Waals surface area contributed by atoms with Gasteiger partial charge in [0.2, 0.25) is 0 Å². The van der Waals surface area contributed by atoms with Gasteiger partial charge in [0.1, 0.15) is 0 Å². The van der Waals surface area contributed by atoms with E-state index in [-0.39, 0.29) is 22.8 Å². The molecule has 0 bridgehead atoms. The molecule has 0 radical (unpaired) electrons. The van der Waals surface area contributed by atoms with Crippen LogP contribution in [0.3, 0.4) is 0 Å². The van der Waals surface area contributed by atoms with Crippen LogP contribution in [-0.4, -0.2) is 44.2 Å². The zero-order valence-electron chi connectivity index (χ0n) is 12.0. The number of hydrogen-bond acceptors (Lipinski definition) is 5. The van der Waals surface area contributed by atoms with Crippen LogP contribution in [0.1, 0.15) is 33.1 Å². The van der Waals surface area contributed by atoms with Gasteiger partial charge in [0, 0.05) is 6.42 Å². The minimum absolute atomic E-state index is 0.00549. The normalized spacial score (nSPS) is 43.6. The van der Waals surface area contributed by atoms with E-state index in [0.29, 0.717) is 19.6 Å². The van der Waals surface area contributed by atoms with Crippen LogP contribution in [0.4, 0.5) is 0 Å². The Morgan fingerprint density at radius 2 is 2.00 bits per heavy atom. The van der Waals surface area contributed by atoms with E-state index < -0.39 is 5.79 Å². The molecule has 2 saturated heterocycles. The fourth-order valence-electron chi connectivity index (χ4n) is 4.33. The molecule has 5 heteroatoms. The van der Waals surface area contributed by atoms with Gasteiger partial charge in [-0.25, -0.2) is 0 Å². The van der Waals surface area contributed by atoms with Crippen LogP contribution in [0.5, 0.6) is 0 Å². The topological polar surface area (TPSA) is 56.8 Å². The monoisotopic (exact) mass is 269 g/mol. The summed E-state index contributed by atoms with van der Waals surface area (Å²) in [5, 5.41) is 3.59. The smallest absolute Gasteiger partial charge is 0.305 e. The maximum Gasteiger partial charge on any atom is 0.305 e. The van der Waals surface area contributed by atoms with Crippen molar-refractivity contribution in [1.82, 2.24) is 5.32 Å². The minimum atomic E-state index is -0.507. The molecular formula is C14H23NO4. The lowest BCUT2D eigenvalue weighted by molar-refractivity contribution is -0.203. The summed E-state index contributed by atoms with van der Waals surface area (Å²) in [5.41, 5.74) is -0.222. The van der Waals surface area contributed by atoms with E-state index in [4.69, 9.17) is 14.2 Å². The van der Waals surface area contributed by atoms with Crippen LogP contribution in [0.15, 0.2) is 0 Å². The first-order valence-electron chi connectivity index (χ1n) is 7.07. The van der Waals surface area contributed by atoms with Crippen LogP contribution in [0.25, 0.3) is 0 Å². The lowest BCUT2D eigenvalue weighted by Crippen LogP contribution is -2.61. The molecule has 3 unspecified atom stereocenters. The second-order valence-corrected chi connectivity index (χ2v) is 6.35. The fourth-order valence-corrected chi connectivity index (χ4v) is 4.33. The second-order valence-electron chi connectivity index (χ2n) is 6.35. The molecule has 3 atom stereocenters. The van der Waals surface area contributed by atoms with Crippen molar-refractivity contribution >= 4 is 5.97 Å². The molecular weight excluding hydrogens is 246 g/mol. The summed E-state index contributed by atoms with van der Waals surface area (Å²) in [6.45, 7) is 6.57. The van der Waals surface area contributed by atoms with Gasteiger partial charge in [0.15, 0.2) is 5.79 Å². The Bertz CT molecular complexity index is 393. The van der Waals surface area contributed by atoms with Gasteiger partial charge in [0.25, 0.3) is 0 Å². The van der Waals surface area contributed by atoms with Crippen molar-refractivity contribution < 1.29 is 19.0 Å². The van der Waals surface area contributed by atoms with E-state index in [9.17, 15) is 4.79 Å². The molecule has 19 heavy (non-hydrogen) atoms. The predicted molar refractivity (Wildman–Crippen MR) is 68.5 cm³/mol. The van der Waals surface area contributed by atoms with E-state index in [0.717, 1.165) is 19.4 Å². The highest BCUT2D eigenvalue weighted by Crippen LogP contribution is 2.62. The molecule has 1 spiro atoms. The highest BCUT2D eigenvalue weighted by atomic mass is 16.7. The quantitative estimate of drug-likeness (QED) is 0.760. The van der Waals surface area contributed by atoms with Crippen LogP contribution < -0.4 is 5.32 Å². The third kappa shape index (κ3) is 1.55. The van der Waals surface area contributed by atoms with Gasteiger partial charge in [-0.15, -0.1) is 0 Å². The Hall–Kier alpha value is -0.650. The molecule has 3 fully saturated rings. The molecule has 3 aliphatic rings. The van der Waals surface area contributed by atoms with Gasteiger partial charge < -0.3 is 19.5 Å². The maximum atomic E-state index is 11.6. The summed E-state index contributed by atoms with van der Waals surface area (Å²) in [5.74, 6) is -0.365. The summed E-state index contributed by atoms with van der Waals surface area (Å²) in [6.07, 6.45) is 2.37. The highest BCUT2D eigenvalue weighted by Gasteiger charge is 2.71. The van der Waals surface area contributed by atoms with Gasteiger partial charge in [-0.1, -0.05) is 6.92 Å². The predicted octanol–water partition coefficient (Wildman–Crippen LogP) is 1.07. The first-order valence-corrected chi connectivity index (χ1v) is 7.07. The van der Waals surface area contributed by atoms with E-state index in [1.165, 1.54) is 7.11 Å². The van der Waals surface area contributed by atoms with Gasteiger partial charge in [-0.3, -0.25) is 4.79 Å². The number of ether oxygens (including phenoxy) is 3. The van der Waals surface area contributed by atoms with E-state index >= 15 is 0 Å². The van der Waals surface area contributed by atoms with Crippen molar-refractivity contribution in [3.8, 4) is 0 Å². The van der Waals surface area contributed by atoms with Crippen molar-refractivity contribution in [3.63, 3.8) is 0 Å². The molecule has 3 rings (SSSR count). The van der Waals surface area contributed by atoms with Gasteiger partial charge in [-0.2, -0.15) is 0 Å². The minimum Gasteiger partial charge on any atom is -0.469 e. The largest absolute Gasteiger partial charge is 0.469 e. The number of rotatable bonds is 2. The lowest BCUT2D eigenvalue weighted by Gasteiger charge is -2.44. The summed E-state index contributed by atoms with van der Waals surface area (Å²) >= 11 is 0. The molecule has 1 N–H and O–H groups in total. The molecule has 0 aromatic rings. The molecule has 2 aliphatic heterocycles. The average molecular weight is 269 g/mol. The van der Waals surface area contributed by atoms with Crippen molar-refractivity contribution in [2.75, 3.05) is 26.9 Å². The molecule has 1 saturated carbocycles. The maximum absolute atomic E-state index is 11.6. The van der Waals surface area contributed by atoms with Crippen molar-refractivity contribution in [1.29, 1.82) is 0 Å². The fraction of sp³-hybridized carbons (Fsp3) is 0.929. The van der Waals surface area contributed by atoms with Crippen LogP contribution >= 0.6 is 0 Å². The first kappa shape index (κ1) is 13.3. The van der Waals surface area contributed by atoms with Crippen LogP contribution in [0, 0.1) is 11.3 Å². The number of fused-ring (bicyclic) bond motifs is 2. The average Bonchev–Trinajstić information content (AvgIpc) is 3.02. The molecule has 0 aromatic carbocycles. The number of nitrogens with one attached hydrogen (secondary N) is 1. The molecule has 2 heterocycles. The van der Waals surface area contributed by atoms with E-state index in [2.05, 4.69) is 19.2 Å². The number of carbonyl (C=O) groups is 1. The third-order valence-corrected chi connectivity index (χ3v) is 5.88. The number of hydrogen-bond donors (Lipinski definition) is 1. The van der Waals surface area contributed by atoms with E-state index in [1.54, 1.807) is 0 Å². The summed E-state index contributed by atoms with van der Waals surface area (Å²) < 4.78 is 16.8. The zero-order valence-corrected chi connectivity index (χ0v) is 12.0. The van der Waals surface area contributed by atoms with Crippen molar-refractivity contribution in [3.05, 3.63) is 0 Å². The number of carbonyl (C=O) groups excluding carboxylic acids is 1. The Morgan fingerprint density at radius 1 is 1.32 bits per heavy atom. The zero-order chi connectivity index (χ0) is 13.7. The SMILES string of the molecule is COC(=O)CC1CNC2(C)C3(CCC12C)OCCO3. The standard InChI is InChI=1S/C14H23NO4/c1-12-4-5-14(18-6-7-19-14)13(12,2)15-9-10(12)8-11(16)17-3/h10,15H,4-9H2,1-3H3. The van der Waals surface area contributed by atoms with Crippen molar-refractivity contribution in [2.45, 2.75) is 44.4 Å². The molecule has 0 aromatic heterocycles. The Kier molecular flexibility index (Phi) is 2.93. The summed E-state index contributed by atoms with van der Waals surface area (Å²) in [7, 11) is 1.45. The van der Waals surface area contributed by atoms with Gasteiger partial charge in [0.05, 0.1) is 32.3 Å². The molecule has 5 nitrogen and oxygen atoms in total. The summed E-state index contributed by atoms with van der Waals surface area (Å²) in [6, 6.07) is 0.